The summed E-state index contributed by atoms with van der Waals surface area (Å²) in [7, 11) is -3.90. The summed E-state index contributed by atoms with van der Waals surface area (Å²) in [5, 5.41) is 8.51. The van der Waals surface area contributed by atoms with Crippen LogP contribution in [-0.4, -0.2) is 29.8 Å². The van der Waals surface area contributed by atoms with Crippen molar-refractivity contribution in [2.75, 3.05) is 6.61 Å². The Kier molecular flexibility index (Phi) is 4.10. The third-order valence-electron chi connectivity index (χ3n) is 3.51. The predicted molar refractivity (Wildman–Crippen MR) is 75.7 cm³/mol. The second-order valence-corrected chi connectivity index (χ2v) is 6.81. The third-order valence-corrected chi connectivity index (χ3v) is 4.44. The van der Waals surface area contributed by atoms with Gasteiger partial charge in [0.1, 0.15) is 6.10 Å². The van der Waals surface area contributed by atoms with E-state index in [0.717, 1.165) is 4.68 Å². The van der Waals surface area contributed by atoms with Crippen molar-refractivity contribution in [3.05, 3.63) is 35.9 Å². The Morgan fingerprint density at radius 3 is 2.42 bits per heavy atom. The summed E-state index contributed by atoms with van der Waals surface area (Å²) in [4.78, 5) is 3.42. The maximum atomic E-state index is 12.9. The Bertz CT molecular complexity index is 840. The minimum absolute atomic E-state index is 0.0307. The molecule has 1 aromatic carbocycles. The average molecular weight is 362 g/mol. The Labute approximate surface area is 135 Å². The van der Waals surface area contributed by atoms with E-state index in [1.807, 2.05) is 0 Å². The quantitative estimate of drug-likeness (QED) is 0.897. The molecule has 7 nitrogen and oxygen atoms in total. The predicted octanol–water partition coefficient (Wildman–Crippen LogP) is 1.79. The van der Waals surface area contributed by atoms with Crippen molar-refractivity contribution < 1.29 is 26.3 Å². The van der Waals surface area contributed by atoms with Crippen LogP contribution in [0.25, 0.3) is 5.69 Å². The fraction of sp³-hybridized carbons (Fsp3) is 0.385. The first-order valence-electron chi connectivity index (χ1n) is 6.95. The molecule has 2 heterocycles. The highest BCUT2D eigenvalue weighted by Crippen LogP contribution is 2.33. The van der Waals surface area contributed by atoms with E-state index in [2.05, 4.69) is 10.1 Å². The lowest BCUT2D eigenvalue weighted by atomic mass is 10.2. The van der Waals surface area contributed by atoms with Gasteiger partial charge in [-0.25, -0.2) is 23.2 Å². The number of halogens is 3. The number of hydrogen-bond acceptors (Lipinski definition) is 5. The van der Waals surface area contributed by atoms with Crippen LogP contribution in [0.15, 0.2) is 29.2 Å². The van der Waals surface area contributed by atoms with Crippen LogP contribution in [0.3, 0.4) is 0 Å². The third kappa shape index (κ3) is 3.28. The number of ether oxygens (including phenoxy) is 1. The number of rotatable bonds is 3. The van der Waals surface area contributed by atoms with E-state index in [-0.39, 0.29) is 16.4 Å². The molecule has 24 heavy (non-hydrogen) atoms. The molecule has 0 saturated carbocycles. The van der Waals surface area contributed by atoms with E-state index in [4.69, 9.17) is 9.88 Å². The molecule has 3 rings (SSSR count). The molecule has 1 unspecified atom stereocenters. The second kappa shape index (κ2) is 5.83. The summed E-state index contributed by atoms with van der Waals surface area (Å²) in [5.74, 6) is -1.24. The minimum atomic E-state index is -4.70. The van der Waals surface area contributed by atoms with Gasteiger partial charge in [-0.2, -0.15) is 13.2 Å². The number of primary sulfonamides is 1. The van der Waals surface area contributed by atoms with Crippen molar-refractivity contribution >= 4 is 10.0 Å². The Hall–Kier alpha value is -1.98. The molecular weight excluding hydrogens is 349 g/mol. The molecule has 1 aromatic heterocycles. The average Bonchev–Trinajstić information content (AvgIpc) is 3.15. The maximum absolute atomic E-state index is 12.9. The highest BCUT2D eigenvalue weighted by molar-refractivity contribution is 7.89. The number of nitrogens with two attached hydrogens (primary N) is 1. The molecule has 1 aliphatic rings. The topological polar surface area (TPSA) is 100 Å². The molecule has 11 heteroatoms. The Morgan fingerprint density at radius 2 is 1.92 bits per heavy atom. The molecule has 130 valence electrons. The highest BCUT2D eigenvalue weighted by Gasteiger charge is 2.39. The summed E-state index contributed by atoms with van der Waals surface area (Å²) >= 11 is 0. The van der Waals surface area contributed by atoms with E-state index in [0.29, 0.717) is 19.4 Å². The van der Waals surface area contributed by atoms with Gasteiger partial charge in [0.25, 0.3) is 5.82 Å². The number of hydrogen-bond donors (Lipinski definition) is 1. The van der Waals surface area contributed by atoms with Crippen molar-refractivity contribution in [2.45, 2.75) is 30.0 Å². The molecule has 1 atom stereocenters. The van der Waals surface area contributed by atoms with Gasteiger partial charge in [0, 0.05) is 6.61 Å². The lowest BCUT2D eigenvalue weighted by Gasteiger charge is -2.11. The van der Waals surface area contributed by atoms with Gasteiger partial charge in [-0.3, -0.25) is 0 Å². The SMILES string of the molecule is NS(=O)(=O)c1ccc(-n2nc(C(F)(F)F)nc2C2CCCO2)cc1. The van der Waals surface area contributed by atoms with Crippen LogP contribution in [0.4, 0.5) is 13.2 Å². The first-order valence-corrected chi connectivity index (χ1v) is 8.50. The lowest BCUT2D eigenvalue weighted by Crippen LogP contribution is -2.13. The number of aromatic nitrogens is 3. The molecule has 0 aliphatic carbocycles. The van der Waals surface area contributed by atoms with E-state index in [1.54, 1.807) is 0 Å². The number of alkyl halides is 3. The van der Waals surface area contributed by atoms with Crippen molar-refractivity contribution in [3.8, 4) is 5.69 Å². The zero-order valence-electron chi connectivity index (χ0n) is 12.2. The fourth-order valence-corrected chi connectivity index (χ4v) is 2.92. The molecule has 0 bridgehead atoms. The normalized spacial score (nSPS) is 18.9. The van der Waals surface area contributed by atoms with Crippen LogP contribution < -0.4 is 5.14 Å². The number of sulfonamides is 1. The molecular formula is C13H13F3N4O3S. The minimum Gasteiger partial charge on any atom is -0.370 e. The zero-order chi connectivity index (χ0) is 17.5. The lowest BCUT2D eigenvalue weighted by molar-refractivity contribution is -0.144. The molecule has 1 fully saturated rings. The van der Waals surface area contributed by atoms with E-state index in [1.165, 1.54) is 24.3 Å². The Balaban J connectivity index is 2.07. The molecule has 0 spiro atoms. The monoisotopic (exact) mass is 362 g/mol. The van der Waals surface area contributed by atoms with Crippen molar-refractivity contribution in [1.82, 2.24) is 14.8 Å². The van der Waals surface area contributed by atoms with Gasteiger partial charge < -0.3 is 4.74 Å². The number of nitrogens with zero attached hydrogens (tertiary/aromatic N) is 3. The largest absolute Gasteiger partial charge is 0.453 e. The number of benzene rings is 1. The smallest absolute Gasteiger partial charge is 0.370 e. The van der Waals surface area contributed by atoms with E-state index in [9.17, 15) is 21.6 Å². The van der Waals surface area contributed by atoms with Crippen LogP contribution in [0.5, 0.6) is 0 Å². The van der Waals surface area contributed by atoms with Gasteiger partial charge in [-0.1, -0.05) is 0 Å². The second-order valence-electron chi connectivity index (χ2n) is 5.24. The fourth-order valence-electron chi connectivity index (χ4n) is 2.40. The first-order chi connectivity index (χ1) is 11.2. The molecule has 0 radical (unpaired) electrons. The van der Waals surface area contributed by atoms with Gasteiger partial charge in [0.05, 0.1) is 10.6 Å². The molecule has 1 aliphatic heterocycles. The van der Waals surface area contributed by atoms with E-state index < -0.39 is 28.1 Å². The molecule has 2 aromatic rings. The summed E-state index contributed by atoms with van der Waals surface area (Å²) in [6.45, 7) is 0.434. The highest BCUT2D eigenvalue weighted by atomic mass is 32.2. The van der Waals surface area contributed by atoms with Crippen LogP contribution in [0.2, 0.25) is 0 Å². The maximum Gasteiger partial charge on any atom is 0.453 e. The summed E-state index contributed by atoms with van der Waals surface area (Å²) in [6.07, 6.45) is -4.04. The van der Waals surface area contributed by atoms with Crippen molar-refractivity contribution in [3.63, 3.8) is 0 Å². The van der Waals surface area contributed by atoms with Gasteiger partial charge in [-0.15, -0.1) is 5.10 Å². The van der Waals surface area contributed by atoms with Crippen molar-refractivity contribution in [1.29, 1.82) is 0 Å². The standard InChI is InChI=1S/C13H13F3N4O3S/c14-13(15,16)12-18-11(10-2-1-7-23-10)20(19-12)8-3-5-9(6-4-8)24(17,21)22/h3-6,10H,1-2,7H2,(H2,17,21,22). The summed E-state index contributed by atoms with van der Waals surface area (Å²) in [5.41, 5.74) is 0.232. The van der Waals surface area contributed by atoms with Crippen LogP contribution in [0, 0.1) is 0 Å². The first kappa shape index (κ1) is 16.9. The summed E-state index contributed by atoms with van der Waals surface area (Å²) in [6, 6.07) is 5.01. The van der Waals surface area contributed by atoms with Crippen molar-refractivity contribution in [2.24, 2.45) is 5.14 Å². The van der Waals surface area contributed by atoms with E-state index >= 15 is 0 Å². The van der Waals surface area contributed by atoms with Crippen LogP contribution in [-0.2, 0) is 20.9 Å². The summed E-state index contributed by atoms with van der Waals surface area (Å²) < 4.78 is 67.7. The molecule has 0 amide bonds. The van der Waals surface area contributed by atoms with Gasteiger partial charge in [0.2, 0.25) is 10.0 Å². The van der Waals surface area contributed by atoms with Gasteiger partial charge in [-0.05, 0) is 37.1 Å². The Morgan fingerprint density at radius 1 is 1.25 bits per heavy atom. The van der Waals surface area contributed by atoms with Crippen LogP contribution >= 0.6 is 0 Å². The zero-order valence-corrected chi connectivity index (χ0v) is 13.0. The molecule has 1 saturated heterocycles. The molecule has 2 N–H and O–H groups in total. The van der Waals surface area contributed by atoms with Gasteiger partial charge >= 0.3 is 6.18 Å². The van der Waals surface area contributed by atoms with Crippen LogP contribution in [0.1, 0.15) is 30.6 Å². The van der Waals surface area contributed by atoms with Gasteiger partial charge in [0.15, 0.2) is 5.82 Å².